The highest BCUT2D eigenvalue weighted by molar-refractivity contribution is 5.57. The van der Waals surface area contributed by atoms with Crippen molar-refractivity contribution in [2.45, 2.75) is 13.5 Å². The lowest BCUT2D eigenvalue weighted by Crippen LogP contribution is -1.98. The summed E-state index contributed by atoms with van der Waals surface area (Å²) < 4.78 is 7.11. The zero-order valence-corrected chi connectivity index (χ0v) is 9.95. The van der Waals surface area contributed by atoms with E-state index < -0.39 is 0 Å². The Kier molecular flexibility index (Phi) is 2.64. The summed E-state index contributed by atoms with van der Waals surface area (Å²) in [7, 11) is 0. The van der Waals surface area contributed by atoms with Crippen LogP contribution >= 0.6 is 0 Å². The molecule has 3 aromatic rings. The SMILES string of the molecule is CCn1nccc1-c1nc(-c2ccccc2)no1. The molecule has 0 atom stereocenters. The van der Waals surface area contributed by atoms with E-state index in [1.807, 2.05) is 48.0 Å². The van der Waals surface area contributed by atoms with Crippen LogP contribution in [0.5, 0.6) is 0 Å². The Hall–Kier alpha value is -2.43. The molecule has 0 radical (unpaired) electrons. The zero-order valence-electron chi connectivity index (χ0n) is 9.95. The molecule has 2 aromatic heterocycles. The third kappa shape index (κ3) is 1.79. The molecule has 0 aliphatic carbocycles. The monoisotopic (exact) mass is 240 g/mol. The first kappa shape index (κ1) is 10.7. The van der Waals surface area contributed by atoms with E-state index in [0.717, 1.165) is 17.8 Å². The van der Waals surface area contributed by atoms with Crippen LogP contribution in [0.15, 0.2) is 47.1 Å². The Balaban J connectivity index is 2.00. The van der Waals surface area contributed by atoms with Gasteiger partial charge in [-0.15, -0.1) is 0 Å². The van der Waals surface area contributed by atoms with Crippen molar-refractivity contribution in [1.82, 2.24) is 19.9 Å². The fourth-order valence-corrected chi connectivity index (χ4v) is 1.80. The van der Waals surface area contributed by atoms with Crippen molar-refractivity contribution in [1.29, 1.82) is 0 Å². The molecule has 90 valence electrons. The predicted octanol–water partition coefficient (Wildman–Crippen LogP) is 2.62. The summed E-state index contributed by atoms with van der Waals surface area (Å²) in [5.74, 6) is 1.09. The number of benzene rings is 1. The van der Waals surface area contributed by atoms with Crippen molar-refractivity contribution in [3.8, 4) is 23.0 Å². The van der Waals surface area contributed by atoms with Gasteiger partial charge in [0.05, 0.1) is 0 Å². The van der Waals surface area contributed by atoms with Gasteiger partial charge in [0, 0.05) is 18.3 Å². The van der Waals surface area contributed by atoms with Gasteiger partial charge < -0.3 is 4.52 Å². The van der Waals surface area contributed by atoms with Crippen molar-refractivity contribution < 1.29 is 4.52 Å². The number of aromatic nitrogens is 4. The fraction of sp³-hybridized carbons (Fsp3) is 0.154. The van der Waals surface area contributed by atoms with Gasteiger partial charge in [-0.2, -0.15) is 10.1 Å². The van der Waals surface area contributed by atoms with Gasteiger partial charge in [-0.25, -0.2) is 0 Å². The van der Waals surface area contributed by atoms with Gasteiger partial charge in [-0.3, -0.25) is 4.68 Å². The molecular formula is C13H12N4O. The van der Waals surface area contributed by atoms with Gasteiger partial charge in [0.25, 0.3) is 5.89 Å². The van der Waals surface area contributed by atoms with Gasteiger partial charge in [-0.05, 0) is 13.0 Å². The van der Waals surface area contributed by atoms with E-state index in [9.17, 15) is 0 Å². The van der Waals surface area contributed by atoms with Crippen LogP contribution in [0, 0.1) is 0 Å². The summed E-state index contributed by atoms with van der Waals surface area (Å²) in [5.41, 5.74) is 1.78. The lowest BCUT2D eigenvalue weighted by atomic mass is 10.2. The van der Waals surface area contributed by atoms with E-state index in [2.05, 4.69) is 15.2 Å². The maximum absolute atomic E-state index is 5.28. The highest BCUT2D eigenvalue weighted by Gasteiger charge is 2.13. The quantitative estimate of drug-likeness (QED) is 0.706. The molecule has 0 aliphatic rings. The highest BCUT2D eigenvalue weighted by Crippen LogP contribution is 2.21. The number of rotatable bonds is 3. The molecule has 0 spiro atoms. The normalized spacial score (nSPS) is 10.7. The second kappa shape index (κ2) is 4.44. The molecule has 0 saturated heterocycles. The van der Waals surface area contributed by atoms with Crippen molar-refractivity contribution in [2.75, 3.05) is 0 Å². The lowest BCUT2D eigenvalue weighted by molar-refractivity contribution is 0.427. The minimum Gasteiger partial charge on any atom is -0.332 e. The van der Waals surface area contributed by atoms with Crippen molar-refractivity contribution >= 4 is 0 Å². The van der Waals surface area contributed by atoms with Gasteiger partial charge in [-0.1, -0.05) is 35.5 Å². The minimum atomic E-state index is 0.494. The highest BCUT2D eigenvalue weighted by atomic mass is 16.5. The van der Waals surface area contributed by atoms with Gasteiger partial charge in [0.15, 0.2) is 0 Å². The summed E-state index contributed by atoms with van der Waals surface area (Å²) in [6.07, 6.45) is 1.73. The Morgan fingerprint density at radius 3 is 2.78 bits per heavy atom. The second-order valence-electron chi connectivity index (χ2n) is 3.82. The Bertz CT molecular complexity index is 642. The van der Waals surface area contributed by atoms with Crippen LogP contribution in [0.1, 0.15) is 6.92 Å². The largest absolute Gasteiger partial charge is 0.332 e. The Labute approximate surface area is 104 Å². The van der Waals surface area contributed by atoms with E-state index in [4.69, 9.17) is 4.52 Å². The number of aryl methyl sites for hydroxylation is 1. The van der Waals surface area contributed by atoms with Crippen molar-refractivity contribution in [2.24, 2.45) is 0 Å². The molecule has 3 rings (SSSR count). The van der Waals surface area contributed by atoms with Crippen molar-refractivity contribution in [3.63, 3.8) is 0 Å². The topological polar surface area (TPSA) is 56.7 Å². The molecule has 0 amide bonds. The molecule has 5 nitrogen and oxygen atoms in total. The molecule has 0 N–H and O–H groups in total. The second-order valence-corrected chi connectivity index (χ2v) is 3.82. The van der Waals surface area contributed by atoms with Crippen LogP contribution in [0.3, 0.4) is 0 Å². The van der Waals surface area contributed by atoms with Crippen LogP contribution in [-0.4, -0.2) is 19.9 Å². The first-order chi connectivity index (χ1) is 8.88. The smallest absolute Gasteiger partial charge is 0.276 e. The third-order valence-corrected chi connectivity index (χ3v) is 2.69. The predicted molar refractivity (Wildman–Crippen MR) is 66.6 cm³/mol. The van der Waals surface area contributed by atoms with Gasteiger partial charge in [0.2, 0.25) is 5.82 Å². The molecular weight excluding hydrogens is 228 g/mol. The number of nitrogens with zero attached hydrogens (tertiary/aromatic N) is 4. The van der Waals surface area contributed by atoms with Gasteiger partial charge in [0.1, 0.15) is 5.69 Å². The molecule has 1 aromatic carbocycles. The Morgan fingerprint density at radius 1 is 1.17 bits per heavy atom. The van der Waals surface area contributed by atoms with Crippen LogP contribution in [0.4, 0.5) is 0 Å². The number of hydrogen-bond donors (Lipinski definition) is 0. The third-order valence-electron chi connectivity index (χ3n) is 2.69. The molecule has 0 unspecified atom stereocenters. The van der Waals surface area contributed by atoms with E-state index in [1.165, 1.54) is 0 Å². The van der Waals surface area contributed by atoms with E-state index in [-0.39, 0.29) is 0 Å². The first-order valence-corrected chi connectivity index (χ1v) is 5.80. The first-order valence-electron chi connectivity index (χ1n) is 5.80. The average molecular weight is 240 g/mol. The molecule has 0 aliphatic heterocycles. The van der Waals surface area contributed by atoms with Crippen LogP contribution in [0.25, 0.3) is 23.0 Å². The summed E-state index contributed by atoms with van der Waals surface area (Å²) >= 11 is 0. The molecule has 18 heavy (non-hydrogen) atoms. The maximum Gasteiger partial charge on any atom is 0.276 e. The van der Waals surface area contributed by atoms with Crippen molar-refractivity contribution in [3.05, 3.63) is 42.6 Å². The minimum absolute atomic E-state index is 0.494. The Morgan fingerprint density at radius 2 is 2.00 bits per heavy atom. The molecule has 2 heterocycles. The molecule has 0 saturated carbocycles. The summed E-state index contributed by atoms with van der Waals surface area (Å²) in [6, 6.07) is 11.6. The summed E-state index contributed by atoms with van der Waals surface area (Å²) in [4.78, 5) is 4.39. The van der Waals surface area contributed by atoms with E-state index in [1.54, 1.807) is 6.20 Å². The number of hydrogen-bond acceptors (Lipinski definition) is 4. The standard InChI is InChI=1S/C13H12N4O/c1-2-17-11(8-9-14-17)13-15-12(16-18-13)10-6-4-3-5-7-10/h3-9H,2H2,1H3. The fourth-order valence-electron chi connectivity index (χ4n) is 1.80. The summed E-state index contributed by atoms with van der Waals surface area (Å²) in [5, 5.41) is 8.17. The van der Waals surface area contributed by atoms with E-state index >= 15 is 0 Å². The lowest BCUT2D eigenvalue weighted by Gasteiger charge is -1.97. The van der Waals surface area contributed by atoms with Crippen LogP contribution < -0.4 is 0 Å². The molecule has 0 bridgehead atoms. The molecule has 0 fully saturated rings. The summed E-state index contributed by atoms with van der Waals surface area (Å²) in [6.45, 7) is 2.79. The van der Waals surface area contributed by atoms with Crippen LogP contribution in [0.2, 0.25) is 0 Å². The van der Waals surface area contributed by atoms with Crippen LogP contribution in [-0.2, 0) is 6.54 Å². The molecule has 5 heteroatoms. The average Bonchev–Trinajstić information content (AvgIpc) is 3.08. The maximum atomic E-state index is 5.28. The van der Waals surface area contributed by atoms with Gasteiger partial charge >= 0.3 is 0 Å². The zero-order chi connectivity index (χ0) is 12.4. The van der Waals surface area contributed by atoms with E-state index in [0.29, 0.717) is 11.7 Å².